The van der Waals surface area contributed by atoms with Crippen molar-refractivity contribution in [1.82, 2.24) is 4.57 Å². The summed E-state index contributed by atoms with van der Waals surface area (Å²) in [5, 5.41) is 2.73. The van der Waals surface area contributed by atoms with E-state index in [1.807, 2.05) is 18.2 Å². The minimum Gasteiger partial charge on any atom is -0.456 e. The second kappa shape index (κ2) is 8.36. The van der Waals surface area contributed by atoms with E-state index in [-0.39, 0.29) is 0 Å². The fourth-order valence-corrected chi connectivity index (χ4v) is 7.90. The number of halogens is 2. The van der Waals surface area contributed by atoms with Gasteiger partial charge in [-0.05, 0) is 64.7 Å². The molecule has 0 unspecified atom stereocenters. The van der Waals surface area contributed by atoms with E-state index >= 15 is 0 Å². The Morgan fingerprint density at radius 1 is 0.585 bits per heavy atom. The molecule has 0 amide bonds. The summed E-state index contributed by atoms with van der Waals surface area (Å²) in [6.07, 6.45) is 0. The van der Waals surface area contributed by atoms with Crippen LogP contribution < -0.4 is 4.74 Å². The SMILES string of the molecule is Clc1cccc2c1c1c3c(ccc1n2-c1ccccc1)C1(c2ccc(Br)cc2O3)c2ccccc2-c2ccccc21. The van der Waals surface area contributed by atoms with Crippen molar-refractivity contribution < 1.29 is 4.74 Å². The van der Waals surface area contributed by atoms with Crippen LogP contribution in [0.25, 0.3) is 38.6 Å². The Morgan fingerprint density at radius 3 is 2.00 bits per heavy atom. The minimum atomic E-state index is -0.534. The molecule has 9 rings (SSSR count). The molecule has 0 atom stereocenters. The maximum atomic E-state index is 7.04. The van der Waals surface area contributed by atoms with Gasteiger partial charge in [0.1, 0.15) is 11.5 Å². The fourth-order valence-electron chi connectivity index (χ4n) is 7.29. The number of fused-ring (bicyclic) bond motifs is 13. The van der Waals surface area contributed by atoms with Crippen molar-refractivity contribution >= 4 is 49.3 Å². The Kier molecular flexibility index (Phi) is 4.77. The van der Waals surface area contributed by atoms with Crippen LogP contribution in [0.1, 0.15) is 22.3 Å². The smallest absolute Gasteiger partial charge is 0.142 e. The lowest BCUT2D eigenvalue weighted by Gasteiger charge is -2.39. The fraction of sp³-hybridized carbons (Fsp3) is 0.0270. The van der Waals surface area contributed by atoms with Gasteiger partial charge < -0.3 is 9.30 Å². The summed E-state index contributed by atoms with van der Waals surface area (Å²) >= 11 is 10.8. The molecule has 0 saturated carbocycles. The van der Waals surface area contributed by atoms with Gasteiger partial charge in [-0.3, -0.25) is 0 Å². The molecule has 0 saturated heterocycles. The van der Waals surface area contributed by atoms with Crippen LogP contribution in [0.5, 0.6) is 11.5 Å². The number of aromatic nitrogens is 1. The molecule has 1 aromatic heterocycles. The molecule has 2 aliphatic rings. The molecule has 194 valence electrons. The molecule has 0 bridgehead atoms. The third-order valence-corrected chi connectivity index (χ3v) is 9.60. The van der Waals surface area contributed by atoms with E-state index in [0.717, 1.165) is 54.6 Å². The molecule has 1 aliphatic heterocycles. The van der Waals surface area contributed by atoms with E-state index in [1.165, 1.54) is 22.3 Å². The summed E-state index contributed by atoms with van der Waals surface area (Å²) in [4.78, 5) is 0. The molecule has 6 aromatic carbocycles. The molecule has 0 N–H and O–H groups in total. The lowest BCUT2D eigenvalue weighted by Crippen LogP contribution is -2.32. The zero-order chi connectivity index (χ0) is 27.3. The van der Waals surface area contributed by atoms with Gasteiger partial charge in [0, 0.05) is 26.7 Å². The predicted octanol–water partition coefficient (Wildman–Crippen LogP) is 10.7. The van der Waals surface area contributed by atoms with Gasteiger partial charge in [-0.1, -0.05) is 112 Å². The van der Waals surface area contributed by atoms with Gasteiger partial charge in [0.15, 0.2) is 0 Å². The van der Waals surface area contributed by atoms with Crippen LogP contribution >= 0.6 is 27.5 Å². The van der Waals surface area contributed by atoms with Crippen molar-refractivity contribution in [2.24, 2.45) is 0 Å². The van der Waals surface area contributed by atoms with Crippen LogP contribution in [0.15, 0.2) is 132 Å². The molecule has 41 heavy (non-hydrogen) atoms. The zero-order valence-corrected chi connectivity index (χ0v) is 24.1. The Hall–Kier alpha value is -4.31. The van der Waals surface area contributed by atoms with E-state index < -0.39 is 5.41 Å². The molecular weight excluding hydrogens is 590 g/mol. The van der Waals surface area contributed by atoms with Crippen LogP contribution in [0.3, 0.4) is 0 Å². The second-order valence-electron chi connectivity index (χ2n) is 10.7. The number of hydrogen-bond donors (Lipinski definition) is 0. The molecule has 0 radical (unpaired) electrons. The second-order valence-corrected chi connectivity index (χ2v) is 12.0. The molecular formula is C37H21BrClNO. The molecule has 4 heteroatoms. The van der Waals surface area contributed by atoms with Crippen molar-refractivity contribution in [2.75, 3.05) is 0 Å². The first-order valence-corrected chi connectivity index (χ1v) is 14.8. The summed E-state index contributed by atoms with van der Waals surface area (Å²) in [6.45, 7) is 0. The average Bonchev–Trinajstić information content (AvgIpc) is 3.50. The normalized spacial score (nSPS) is 14.0. The summed E-state index contributed by atoms with van der Waals surface area (Å²) in [5.41, 5.74) is 9.99. The highest BCUT2D eigenvalue weighted by Crippen LogP contribution is 2.63. The monoisotopic (exact) mass is 609 g/mol. The lowest BCUT2D eigenvalue weighted by atomic mass is 9.66. The van der Waals surface area contributed by atoms with Crippen LogP contribution in [0, 0.1) is 0 Å². The summed E-state index contributed by atoms with van der Waals surface area (Å²) in [7, 11) is 0. The van der Waals surface area contributed by atoms with Crippen molar-refractivity contribution in [3.63, 3.8) is 0 Å². The number of hydrogen-bond acceptors (Lipinski definition) is 1. The summed E-state index contributed by atoms with van der Waals surface area (Å²) in [5.74, 6) is 1.70. The van der Waals surface area contributed by atoms with E-state index in [9.17, 15) is 0 Å². The molecule has 0 fully saturated rings. The van der Waals surface area contributed by atoms with Gasteiger partial charge in [-0.2, -0.15) is 0 Å². The van der Waals surface area contributed by atoms with Gasteiger partial charge in [0.2, 0.25) is 0 Å². The topological polar surface area (TPSA) is 14.2 Å². The standard InChI is InChI=1S/C37H21BrClNO/c38-22-17-18-28-33(21-22)41-36-29(37(28)26-13-6-4-11-24(26)25-12-5-7-14-27(25)37)19-20-32-35(36)34-30(39)15-8-16-31(34)40(32)23-9-2-1-3-10-23/h1-21H. The Bertz CT molecular complexity index is 2170. The zero-order valence-electron chi connectivity index (χ0n) is 21.7. The van der Waals surface area contributed by atoms with Gasteiger partial charge >= 0.3 is 0 Å². The number of benzene rings is 6. The molecule has 1 spiro atoms. The quantitative estimate of drug-likeness (QED) is 0.180. The average molecular weight is 611 g/mol. The van der Waals surface area contributed by atoms with Crippen LogP contribution in [0.2, 0.25) is 5.02 Å². The highest BCUT2D eigenvalue weighted by atomic mass is 79.9. The van der Waals surface area contributed by atoms with E-state index in [4.69, 9.17) is 16.3 Å². The van der Waals surface area contributed by atoms with E-state index in [1.54, 1.807) is 0 Å². The number of para-hydroxylation sites is 1. The number of rotatable bonds is 1. The highest BCUT2D eigenvalue weighted by Gasteiger charge is 2.51. The molecule has 2 nitrogen and oxygen atoms in total. The first-order chi connectivity index (χ1) is 20.2. The van der Waals surface area contributed by atoms with Crippen LogP contribution in [-0.4, -0.2) is 4.57 Å². The first-order valence-electron chi connectivity index (χ1n) is 13.7. The minimum absolute atomic E-state index is 0.534. The summed E-state index contributed by atoms with van der Waals surface area (Å²) in [6, 6.07) is 45.2. The van der Waals surface area contributed by atoms with Crippen molar-refractivity contribution in [3.05, 3.63) is 159 Å². The van der Waals surface area contributed by atoms with E-state index in [2.05, 4.69) is 130 Å². The van der Waals surface area contributed by atoms with Gasteiger partial charge in [-0.15, -0.1) is 0 Å². The van der Waals surface area contributed by atoms with Gasteiger partial charge in [0.05, 0.1) is 26.9 Å². The lowest BCUT2D eigenvalue weighted by molar-refractivity contribution is 0.441. The largest absolute Gasteiger partial charge is 0.456 e. The van der Waals surface area contributed by atoms with Crippen LogP contribution in [0.4, 0.5) is 0 Å². The maximum Gasteiger partial charge on any atom is 0.142 e. The van der Waals surface area contributed by atoms with Crippen molar-refractivity contribution in [2.45, 2.75) is 5.41 Å². The van der Waals surface area contributed by atoms with E-state index in [0.29, 0.717) is 5.02 Å². The first kappa shape index (κ1) is 23.4. The Morgan fingerprint density at radius 2 is 1.24 bits per heavy atom. The third kappa shape index (κ3) is 2.92. The Labute approximate surface area is 250 Å². The predicted molar refractivity (Wildman–Crippen MR) is 171 cm³/mol. The Balaban J connectivity index is 1.51. The molecule has 2 heterocycles. The van der Waals surface area contributed by atoms with Crippen molar-refractivity contribution in [1.29, 1.82) is 0 Å². The third-order valence-electron chi connectivity index (χ3n) is 8.79. The summed E-state index contributed by atoms with van der Waals surface area (Å²) < 4.78 is 10.3. The number of ether oxygens (including phenoxy) is 1. The van der Waals surface area contributed by atoms with Crippen LogP contribution in [-0.2, 0) is 5.41 Å². The maximum absolute atomic E-state index is 7.04. The number of nitrogens with zero attached hydrogens (tertiary/aromatic N) is 1. The van der Waals surface area contributed by atoms with Gasteiger partial charge in [0.25, 0.3) is 0 Å². The molecule has 7 aromatic rings. The van der Waals surface area contributed by atoms with Crippen molar-refractivity contribution in [3.8, 4) is 28.3 Å². The molecule has 1 aliphatic carbocycles. The highest BCUT2D eigenvalue weighted by molar-refractivity contribution is 9.10. The van der Waals surface area contributed by atoms with Gasteiger partial charge in [-0.25, -0.2) is 0 Å².